The highest BCUT2D eigenvalue weighted by Gasteiger charge is 2.26. The van der Waals surface area contributed by atoms with Crippen molar-refractivity contribution in [1.82, 2.24) is 19.7 Å². The maximum absolute atomic E-state index is 13.1. The summed E-state index contributed by atoms with van der Waals surface area (Å²) in [5, 5.41) is 6.35. The molecule has 1 aromatic rings. The first kappa shape index (κ1) is 18.4. The van der Waals surface area contributed by atoms with Gasteiger partial charge in [-0.15, -0.1) is 0 Å². The average molecular weight is 384 g/mol. The van der Waals surface area contributed by atoms with Crippen LogP contribution in [0.25, 0.3) is 11.3 Å². The van der Waals surface area contributed by atoms with E-state index in [1.807, 2.05) is 4.57 Å². The highest BCUT2D eigenvalue weighted by Crippen LogP contribution is 2.28. The lowest BCUT2D eigenvalue weighted by molar-refractivity contribution is 0.0599. The quantitative estimate of drug-likeness (QED) is 0.699. The number of likely N-dealkylation sites (tertiary alicyclic amines) is 1. The number of fused-ring (bicyclic) bond motifs is 1. The number of esters is 1. The van der Waals surface area contributed by atoms with E-state index in [9.17, 15) is 14.0 Å². The minimum atomic E-state index is -0.514. The molecule has 0 spiro atoms. The van der Waals surface area contributed by atoms with E-state index in [4.69, 9.17) is 4.74 Å². The normalized spacial score (nSPS) is 15.8. The fraction of sp³-hybridized carbons (Fsp3) is 0.350. The Morgan fingerprint density at radius 2 is 1.96 bits per heavy atom. The van der Waals surface area contributed by atoms with Gasteiger partial charge in [0.1, 0.15) is 17.1 Å². The summed E-state index contributed by atoms with van der Waals surface area (Å²) in [5.74, 6) is -0.743. The number of hydrogen-bond acceptors (Lipinski definition) is 5. The molecule has 4 rings (SSSR count). The van der Waals surface area contributed by atoms with E-state index < -0.39 is 5.97 Å². The number of nitrogens with one attached hydrogen (secondary N) is 1. The van der Waals surface area contributed by atoms with Gasteiger partial charge in [-0.3, -0.25) is 9.69 Å². The lowest BCUT2D eigenvalue weighted by Crippen LogP contribution is -2.34. The van der Waals surface area contributed by atoms with E-state index >= 15 is 0 Å². The lowest BCUT2D eigenvalue weighted by Gasteiger charge is -2.33. The Morgan fingerprint density at radius 1 is 1.25 bits per heavy atom. The van der Waals surface area contributed by atoms with E-state index in [-0.39, 0.29) is 23.0 Å². The molecular weight excluding hydrogens is 363 g/mol. The van der Waals surface area contributed by atoms with Crippen molar-refractivity contribution in [2.45, 2.75) is 25.4 Å². The number of methoxy groups -OCH3 is 1. The standard InChI is InChI=1S/C20H21FN4O3/c1-28-20(27)17-12-25(11-16-18(17)22-23-19(16)26)15-6-8-24(9-7-15)10-13-2-4-14(21)5-3-13/h2-5,11-12,15H,6-10H2,1H3,(H,23,26). The number of benzene rings is 1. The molecule has 0 saturated carbocycles. The van der Waals surface area contributed by atoms with Crippen molar-refractivity contribution < 1.29 is 13.9 Å². The number of carbonyl (C=O) groups is 1. The van der Waals surface area contributed by atoms with E-state index in [1.165, 1.54) is 19.2 Å². The van der Waals surface area contributed by atoms with Crippen molar-refractivity contribution in [1.29, 1.82) is 0 Å². The summed E-state index contributed by atoms with van der Waals surface area (Å²) in [4.78, 5) is 26.5. The number of ether oxygens (including phenoxy) is 1. The molecule has 1 saturated heterocycles. The number of rotatable bonds is 4. The zero-order valence-electron chi connectivity index (χ0n) is 15.5. The molecule has 1 N–H and O–H groups in total. The van der Waals surface area contributed by atoms with Crippen molar-refractivity contribution in [3.05, 3.63) is 64.0 Å². The summed E-state index contributed by atoms with van der Waals surface area (Å²) < 4.78 is 19.8. The average Bonchev–Trinajstić information content (AvgIpc) is 3.10. The predicted molar refractivity (Wildman–Crippen MR) is 101 cm³/mol. The Bertz CT molecular complexity index is 1000. The topological polar surface area (TPSA) is 80.2 Å². The Hall–Kier alpha value is -3.00. The second kappa shape index (κ2) is 7.55. The molecule has 1 aromatic carbocycles. The van der Waals surface area contributed by atoms with Crippen LogP contribution in [0, 0.1) is 5.82 Å². The number of piperidine rings is 1. The third-order valence-corrected chi connectivity index (χ3v) is 5.28. The van der Waals surface area contributed by atoms with Gasteiger partial charge in [-0.2, -0.15) is 5.10 Å². The van der Waals surface area contributed by atoms with Gasteiger partial charge < -0.3 is 9.30 Å². The third-order valence-electron chi connectivity index (χ3n) is 5.28. The minimum absolute atomic E-state index is 0.173. The molecule has 0 aliphatic carbocycles. The van der Waals surface area contributed by atoms with Gasteiger partial charge in [0.05, 0.1) is 12.7 Å². The van der Waals surface area contributed by atoms with Crippen LogP contribution in [0.5, 0.6) is 0 Å². The third kappa shape index (κ3) is 3.55. The molecule has 28 heavy (non-hydrogen) atoms. The van der Waals surface area contributed by atoms with Gasteiger partial charge in [-0.05, 0) is 30.5 Å². The van der Waals surface area contributed by atoms with Crippen LogP contribution < -0.4 is 5.56 Å². The molecule has 3 heterocycles. The molecule has 0 atom stereocenters. The van der Waals surface area contributed by atoms with Gasteiger partial charge >= 0.3 is 5.97 Å². The Kier molecular flexibility index (Phi) is 4.95. The highest BCUT2D eigenvalue weighted by atomic mass is 19.1. The molecule has 3 aliphatic heterocycles. The van der Waals surface area contributed by atoms with Crippen LogP contribution >= 0.6 is 0 Å². The van der Waals surface area contributed by atoms with E-state index in [1.54, 1.807) is 24.5 Å². The summed E-state index contributed by atoms with van der Waals surface area (Å²) in [6.07, 6.45) is 5.23. The van der Waals surface area contributed by atoms with Gasteiger partial charge in [0.15, 0.2) is 0 Å². The molecule has 0 amide bonds. The maximum atomic E-state index is 13.1. The first-order chi connectivity index (χ1) is 13.5. The van der Waals surface area contributed by atoms with Gasteiger partial charge in [-0.25, -0.2) is 14.3 Å². The Labute approximate surface area is 161 Å². The molecule has 146 valence electrons. The van der Waals surface area contributed by atoms with Crippen molar-refractivity contribution in [2.75, 3.05) is 20.2 Å². The zero-order valence-corrected chi connectivity index (χ0v) is 15.5. The van der Waals surface area contributed by atoms with Gasteiger partial charge in [0.25, 0.3) is 5.56 Å². The van der Waals surface area contributed by atoms with Gasteiger partial charge in [0, 0.05) is 38.1 Å². The Balaban J connectivity index is 1.51. The number of aromatic nitrogens is 3. The molecule has 0 radical (unpaired) electrons. The fourth-order valence-electron chi connectivity index (χ4n) is 3.75. The van der Waals surface area contributed by atoms with Crippen LogP contribution in [0.3, 0.4) is 0 Å². The second-order valence-corrected chi connectivity index (χ2v) is 7.06. The fourth-order valence-corrected chi connectivity index (χ4v) is 3.75. The van der Waals surface area contributed by atoms with Crippen LogP contribution in [0.1, 0.15) is 34.8 Å². The summed E-state index contributed by atoms with van der Waals surface area (Å²) in [7, 11) is 1.31. The summed E-state index contributed by atoms with van der Waals surface area (Å²) >= 11 is 0. The number of H-pyrrole nitrogens is 1. The second-order valence-electron chi connectivity index (χ2n) is 7.06. The molecule has 3 aliphatic rings. The minimum Gasteiger partial charge on any atom is -0.465 e. The van der Waals surface area contributed by atoms with Gasteiger partial charge in [-0.1, -0.05) is 12.1 Å². The number of nitrogens with zero attached hydrogens (tertiary/aromatic N) is 3. The van der Waals surface area contributed by atoms with E-state index in [2.05, 4.69) is 15.1 Å². The van der Waals surface area contributed by atoms with Crippen LogP contribution in [0.15, 0.2) is 41.5 Å². The predicted octanol–water partition coefficient (Wildman–Crippen LogP) is 2.44. The number of aromatic amines is 1. The van der Waals surface area contributed by atoms with Crippen molar-refractivity contribution in [3.63, 3.8) is 0 Å². The number of hydrogen-bond donors (Lipinski definition) is 1. The largest absolute Gasteiger partial charge is 0.465 e. The maximum Gasteiger partial charge on any atom is 0.341 e. The molecule has 8 heteroatoms. The van der Waals surface area contributed by atoms with E-state index in [0.29, 0.717) is 11.3 Å². The summed E-state index contributed by atoms with van der Waals surface area (Å²) in [5.41, 5.74) is 1.77. The first-order valence-electron chi connectivity index (χ1n) is 9.20. The lowest BCUT2D eigenvalue weighted by atomic mass is 10.0. The monoisotopic (exact) mass is 384 g/mol. The molecule has 0 unspecified atom stereocenters. The number of halogens is 1. The molecule has 0 aromatic heterocycles. The van der Waals surface area contributed by atoms with E-state index in [0.717, 1.165) is 38.0 Å². The smallest absolute Gasteiger partial charge is 0.341 e. The molecular formula is C20H21FN4O3. The van der Waals surface area contributed by atoms with Crippen LogP contribution in [-0.2, 0) is 11.3 Å². The SMILES string of the molecule is COC(=O)c1cn(C2CCN(Cc3ccc(F)cc3)CC2)cc2c(=O)[nH]nc1-2. The van der Waals surface area contributed by atoms with Crippen LogP contribution in [-0.4, -0.2) is 45.8 Å². The molecule has 7 nitrogen and oxygen atoms in total. The molecule has 0 bridgehead atoms. The van der Waals surface area contributed by atoms with Gasteiger partial charge in [0.2, 0.25) is 0 Å². The van der Waals surface area contributed by atoms with Crippen molar-refractivity contribution >= 4 is 5.97 Å². The van der Waals surface area contributed by atoms with Crippen LogP contribution in [0.4, 0.5) is 4.39 Å². The van der Waals surface area contributed by atoms with Crippen molar-refractivity contribution in [3.8, 4) is 11.3 Å². The number of pyridine rings is 1. The van der Waals surface area contributed by atoms with Crippen LogP contribution in [0.2, 0.25) is 0 Å². The molecule has 1 fully saturated rings. The first-order valence-corrected chi connectivity index (χ1v) is 9.20. The zero-order chi connectivity index (χ0) is 19.7. The number of carbonyl (C=O) groups excluding carboxylic acids is 1. The Morgan fingerprint density at radius 3 is 2.64 bits per heavy atom. The summed E-state index contributed by atoms with van der Waals surface area (Å²) in [6.45, 7) is 2.52. The summed E-state index contributed by atoms with van der Waals surface area (Å²) in [6, 6.07) is 6.74. The highest BCUT2D eigenvalue weighted by molar-refractivity contribution is 5.95. The van der Waals surface area contributed by atoms with Crippen molar-refractivity contribution in [2.24, 2.45) is 0 Å².